The molecule has 2 aromatic heterocycles. The first kappa shape index (κ1) is 14.0. The molecule has 0 N–H and O–H groups in total. The zero-order valence-corrected chi connectivity index (χ0v) is 9.01. The highest BCUT2D eigenvalue weighted by Gasteiger charge is 2.62. The Morgan fingerprint density at radius 1 is 1.20 bits per heavy atom. The van der Waals surface area contributed by atoms with Crippen molar-refractivity contribution < 1.29 is 31.1 Å². The lowest BCUT2D eigenvalue weighted by Crippen LogP contribution is -2.35. The maximum Gasteiger partial charge on any atom is 0.461 e. The van der Waals surface area contributed by atoms with Gasteiger partial charge in [-0.1, -0.05) is 0 Å². The second kappa shape index (κ2) is 4.28. The van der Waals surface area contributed by atoms with Crippen LogP contribution >= 0.6 is 0 Å². The van der Waals surface area contributed by atoms with E-state index in [4.69, 9.17) is 0 Å². The summed E-state index contributed by atoms with van der Waals surface area (Å²) in [7, 11) is 0. The van der Waals surface area contributed by atoms with Gasteiger partial charge in [-0.3, -0.25) is 0 Å². The second-order valence-corrected chi connectivity index (χ2v) is 3.31. The van der Waals surface area contributed by atoms with Crippen LogP contribution < -0.4 is 0 Å². The lowest BCUT2D eigenvalue weighted by Gasteiger charge is -2.15. The Morgan fingerprint density at radius 3 is 2.35 bits per heavy atom. The molecule has 0 aromatic carbocycles. The molecule has 2 heterocycles. The standard InChI is InChI=1S/C7H2F6N6O/c8-4-16-3(6(9,10)7(11,12)13)17-19(4)5(20)18-2-14-1-15-18/h1-2H. The molecule has 0 saturated heterocycles. The molecule has 0 atom stereocenters. The largest absolute Gasteiger partial charge is 0.461 e. The van der Waals surface area contributed by atoms with Crippen LogP contribution in [-0.2, 0) is 5.92 Å². The molecule has 13 heteroatoms. The normalized spacial score (nSPS) is 12.7. The molecule has 0 aliphatic heterocycles. The van der Waals surface area contributed by atoms with Crippen LogP contribution in [0.2, 0.25) is 0 Å². The third kappa shape index (κ3) is 2.10. The molecule has 108 valence electrons. The highest BCUT2D eigenvalue weighted by molar-refractivity contribution is 5.76. The maximum atomic E-state index is 13.2. The fourth-order valence-electron chi connectivity index (χ4n) is 1.08. The topological polar surface area (TPSA) is 78.5 Å². The van der Waals surface area contributed by atoms with E-state index in [1.54, 1.807) is 0 Å². The molecule has 0 unspecified atom stereocenters. The molecule has 0 spiro atoms. The Hall–Kier alpha value is -2.47. The van der Waals surface area contributed by atoms with E-state index in [-0.39, 0.29) is 4.68 Å². The molecule has 0 amide bonds. The summed E-state index contributed by atoms with van der Waals surface area (Å²) in [6, 6.07) is -1.46. The lowest BCUT2D eigenvalue weighted by atomic mass is 10.3. The number of carbonyl (C=O) groups excluding carboxylic acids is 1. The monoisotopic (exact) mass is 300 g/mol. The molecule has 0 aliphatic rings. The summed E-state index contributed by atoms with van der Waals surface area (Å²) in [6.07, 6.45) is -6.34. The van der Waals surface area contributed by atoms with Crippen molar-refractivity contribution in [3.63, 3.8) is 0 Å². The Labute approximate surface area is 104 Å². The number of aromatic nitrogens is 6. The molecule has 20 heavy (non-hydrogen) atoms. The van der Waals surface area contributed by atoms with Gasteiger partial charge in [0.1, 0.15) is 12.7 Å². The first-order chi connectivity index (χ1) is 9.14. The molecule has 0 aliphatic carbocycles. The average Bonchev–Trinajstić information content (AvgIpc) is 2.95. The van der Waals surface area contributed by atoms with E-state index in [0.717, 1.165) is 12.7 Å². The Kier molecular flexibility index (Phi) is 2.98. The summed E-state index contributed by atoms with van der Waals surface area (Å²) in [5.41, 5.74) is 0. The van der Waals surface area contributed by atoms with Crippen LogP contribution in [0.25, 0.3) is 0 Å². The highest BCUT2D eigenvalue weighted by Crippen LogP contribution is 2.42. The lowest BCUT2D eigenvalue weighted by molar-refractivity contribution is -0.292. The van der Waals surface area contributed by atoms with Crippen molar-refractivity contribution in [3.8, 4) is 0 Å². The van der Waals surface area contributed by atoms with Crippen LogP contribution in [-0.4, -0.2) is 41.7 Å². The van der Waals surface area contributed by atoms with Gasteiger partial charge in [-0.25, -0.2) is 9.78 Å². The summed E-state index contributed by atoms with van der Waals surface area (Å²) >= 11 is 0. The smallest absolute Gasteiger partial charge is 0.243 e. The quantitative estimate of drug-likeness (QED) is 0.739. The van der Waals surface area contributed by atoms with Gasteiger partial charge in [-0.15, -0.1) is 9.78 Å². The maximum absolute atomic E-state index is 13.2. The third-order valence-corrected chi connectivity index (χ3v) is 2.00. The fraction of sp³-hybridized carbons (Fsp3) is 0.286. The van der Waals surface area contributed by atoms with E-state index < -0.39 is 30.0 Å². The van der Waals surface area contributed by atoms with Crippen molar-refractivity contribution in [3.05, 3.63) is 24.6 Å². The molecule has 0 saturated carbocycles. The van der Waals surface area contributed by atoms with Crippen molar-refractivity contribution in [1.29, 1.82) is 0 Å². The van der Waals surface area contributed by atoms with Gasteiger partial charge in [-0.05, 0) is 0 Å². The van der Waals surface area contributed by atoms with Gasteiger partial charge in [0, 0.05) is 0 Å². The van der Waals surface area contributed by atoms with Gasteiger partial charge in [0.2, 0.25) is 5.82 Å². The number of nitrogens with zero attached hydrogens (tertiary/aromatic N) is 6. The predicted molar refractivity (Wildman–Crippen MR) is 46.1 cm³/mol. The molecule has 0 fully saturated rings. The van der Waals surface area contributed by atoms with Gasteiger partial charge in [0.25, 0.3) is 0 Å². The van der Waals surface area contributed by atoms with Crippen LogP contribution in [0.15, 0.2) is 12.7 Å². The Balaban J connectivity index is 2.43. The molecular formula is C7H2F6N6O. The number of halogens is 6. The molecular weight excluding hydrogens is 298 g/mol. The highest BCUT2D eigenvalue weighted by atomic mass is 19.4. The van der Waals surface area contributed by atoms with Gasteiger partial charge < -0.3 is 0 Å². The van der Waals surface area contributed by atoms with Crippen LogP contribution in [0.5, 0.6) is 0 Å². The van der Waals surface area contributed by atoms with Gasteiger partial charge >= 0.3 is 24.2 Å². The van der Waals surface area contributed by atoms with Crippen molar-refractivity contribution in [2.24, 2.45) is 0 Å². The predicted octanol–water partition coefficient (Wildman–Crippen LogP) is 1.18. The number of rotatable bonds is 1. The average molecular weight is 300 g/mol. The van der Waals surface area contributed by atoms with Crippen molar-refractivity contribution in [2.75, 3.05) is 0 Å². The van der Waals surface area contributed by atoms with Crippen molar-refractivity contribution in [1.82, 2.24) is 29.5 Å². The van der Waals surface area contributed by atoms with Crippen molar-refractivity contribution >= 4 is 6.03 Å². The number of hydrogen-bond acceptors (Lipinski definition) is 5. The summed E-state index contributed by atoms with van der Waals surface area (Å²) in [6.45, 7) is 0. The Bertz CT molecular complexity index is 631. The fourth-order valence-corrected chi connectivity index (χ4v) is 1.08. The molecule has 2 aromatic rings. The second-order valence-electron chi connectivity index (χ2n) is 3.31. The minimum absolute atomic E-state index is 0.368. The minimum atomic E-state index is -6.03. The van der Waals surface area contributed by atoms with Crippen LogP contribution in [0.4, 0.5) is 31.1 Å². The van der Waals surface area contributed by atoms with E-state index in [9.17, 15) is 31.1 Å². The summed E-state index contributed by atoms with van der Waals surface area (Å²) in [4.78, 5) is 17.1. The van der Waals surface area contributed by atoms with E-state index in [2.05, 4.69) is 20.2 Å². The molecule has 0 radical (unpaired) electrons. The molecule has 2 rings (SSSR count). The van der Waals surface area contributed by atoms with Crippen LogP contribution in [0, 0.1) is 6.08 Å². The third-order valence-electron chi connectivity index (χ3n) is 2.00. The summed E-state index contributed by atoms with van der Waals surface area (Å²) in [5, 5.41) is 5.77. The van der Waals surface area contributed by atoms with Crippen molar-refractivity contribution in [2.45, 2.75) is 12.1 Å². The SMILES string of the molecule is O=C(n1cncn1)n1nc(C(F)(F)C(F)(F)F)nc1F. The van der Waals surface area contributed by atoms with E-state index in [1.165, 1.54) is 0 Å². The van der Waals surface area contributed by atoms with Gasteiger partial charge in [0.05, 0.1) is 0 Å². The number of alkyl halides is 5. The first-order valence-corrected chi connectivity index (χ1v) is 4.61. The first-order valence-electron chi connectivity index (χ1n) is 4.61. The Morgan fingerprint density at radius 2 is 1.85 bits per heavy atom. The van der Waals surface area contributed by atoms with Gasteiger partial charge in [-0.2, -0.15) is 41.1 Å². The number of carbonyl (C=O) groups is 1. The zero-order chi connectivity index (χ0) is 15.1. The summed E-state index contributed by atoms with van der Waals surface area (Å²) < 4.78 is 75.1. The summed E-state index contributed by atoms with van der Waals surface area (Å²) in [5.74, 6) is -7.68. The van der Waals surface area contributed by atoms with Crippen LogP contribution in [0.3, 0.4) is 0 Å². The van der Waals surface area contributed by atoms with E-state index in [0.29, 0.717) is 4.68 Å². The van der Waals surface area contributed by atoms with Crippen LogP contribution in [0.1, 0.15) is 5.82 Å². The minimum Gasteiger partial charge on any atom is -0.243 e. The molecule has 7 nitrogen and oxygen atoms in total. The van der Waals surface area contributed by atoms with E-state index >= 15 is 0 Å². The number of hydrogen-bond donors (Lipinski definition) is 0. The van der Waals surface area contributed by atoms with E-state index in [1.807, 2.05) is 0 Å². The molecule has 0 bridgehead atoms. The van der Waals surface area contributed by atoms with Gasteiger partial charge in [0.15, 0.2) is 0 Å². The zero-order valence-electron chi connectivity index (χ0n) is 9.01.